The van der Waals surface area contributed by atoms with E-state index in [-0.39, 0.29) is 17.9 Å². The van der Waals surface area contributed by atoms with Gasteiger partial charge in [0.1, 0.15) is 0 Å². The van der Waals surface area contributed by atoms with E-state index >= 15 is 0 Å². The maximum Gasteiger partial charge on any atom is 0.249 e. The normalized spacial score (nSPS) is 17.8. The Morgan fingerprint density at radius 3 is 2.62 bits per heavy atom. The van der Waals surface area contributed by atoms with Gasteiger partial charge in [-0.15, -0.1) is 5.10 Å². The van der Waals surface area contributed by atoms with Gasteiger partial charge in [-0.3, -0.25) is 4.79 Å². The number of amides is 1. The van der Waals surface area contributed by atoms with E-state index in [9.17, 15) is 4.79 Å². The first-order valence-corrected chi connectivity index (χ1v) is 11.9. The van der Waals surface area contributed by atoms with Crippen LogP contribution < -0.4 is 5.32 Å². The van der Waals surface area contributed by atoms with Crippen molar-refractivity contribution in [2.75, 3.05) is 5.32 Å². The lowest BCUT2D eigenvalue weighted by molar-refractivity contribution is -0.119. The molecule has 1 aliphatic heterocycles. The molecule has 3 aromatic rings. The van der Waals surface area contributed by atoms with Gasteiger partial charge in [-0.2, -0.15) is 4.98 Å². The number of halogens is 1. The van der Waals surface area contributed by atoms with Crippen molar-refractivity contribution in [2.24, 2.45) is 16.8 Å². The molecule has 1 aliphatic rings. The van der Waals surface area contributed by atoms with Crippen LogP contribution in [0.25, 0.3) is 0 Å². The minimum Gasteiger partial charge on any atom is -0.325 e. The molecule has 1 N–H and O–H groups in total. The van der Waals surface area contributed by atoms with Crippen LogP contribution >= 0.6 is 23.4 Å². The predicted octanol–water partition coefficient (Wildman–Crippen LogP) is 6.09. The molecule has 0 saturated carbocycles. The van der Waals surface area contributed by atoms with E-state index in [1.807, 2.05) is 11.6 Å². The fourth-order valence-electron chi connectivity index (χ4n) is 3.96. The largest absolute Gasteiger partial charge is 0.325 e. The van der Waals surface area contributed by atoms with Crippen LogP contribution in [0.15, 0.2) is 58.7 Å². The Morgan fingerprint density at radius 1 is 1.19 bits per heavy atom. The SMILES string of the molecule is CC1=Nc2nc(SCc3cccc(C)c3)nn2C(C(C)C)C1C(=O)Nc1ccc(Cl)cc1. The van der Waals surface area contributed by atoms with Gasteiger partial charge in [0.05, 0.1) is 12.0 Å². The van der Waals surface area contributed by atoms with Crippen LogP contribution in [0.4, 0.5) is 11.6 Å². The number of aryl methyl sites for hydroxylation is 1. The second kappa shape index (κ2) is 9.46. The number of nitrogens with zero attached hydrogens (tertiary/aromatic N) is 4. The smallest absolute Gasteiger partial charge is 0.249 e. The summed E-state index contributed by atoms with van der Waals surface area (Å²) in [5.41, 5.74) is 3.90. The van der Waals surface area contributed by atoms with E-state index in [4.69, 9.17) is 16.7 Å². The summed E-state index contributed by atoms with van der Waals surface area (Å²) < 4.78 is 1.82. The Morgan fingerprint density at radius 2 is 1.94 bits per heavy atom. The molecule has 0 spiro atoms. The molecule has 32 heavy (non-hydrogen) atoms. The zero-order chi connectivity index (χ0) is 22.8. The van der Waals surface area contributed by atoms with Crippen LogP contribution in [0.5, 0.6) is 0 Å². The number of anilines is 1. The topological polar surface area (TPSA) is 72.2 Å². The van der Waals surface area contributed by atoms with Crippen molar-refractivity contribution in [1.29, 1.82) is 0 Å². The molecular formula is C24H26ClN5OS. The number of fused-ring (bicyclic) bond motifs is 1. The summed E-state index contributed by atoms with van der Waals surface area (Å²) in [5, 5.41) is 9.03. The quantitative estimate of drug-likeness (QED) is 0.445. The van der Waals surface area contributed by atoms with Crippen molar-refractivity contribution < 1.29 is 4.79 Å². The molecule has 2 aromatic carbocycles. The maximum absolute atomic E-state index is 13.2. The van der Waals surface area contributed by atoms with Gasteiger partial charge in [0.2, 0.25) is 17.0 Å². The Kier molecular flexibility index (Phi) is 6.67. The van der Waals surface area contributed by atoms with Crippen molar-refractivity contribution in [2.45, 2.75) is 44.6 Å². The molecule has 6 nitrogen and oxygen atoms in total. The third-order valence-corrected chi connectivity index (χ3v) is 6.63. The van der Waals surface area contributed by atoms with E-state index in [1.54, 1.807) is 36.0 Å². The molecule has 0 fully saturated rings. The summed E-state index contributed by atoms with van der Waals surface area (Å²) in [5.74, 6) is 0.956. The Hall–Kier alpha value is -2.64. The fourth-order valence-corrected chi connectivity index (χ4v) is 4.86. The molecule has 1 aromatic heterocycles. The molecule has 1 amide bonds. The number of nitrogens with one attached hydrogen (secondary N) is 1. The predicted molar refractivity (Wildman–Crippen MR) is 131 cm³/mol. The second-order valence-corrected chi connectivity index (χ2v) is 9.76. The zero-order valence-corrected chi connectivity index (χ0v) is 20.1. The molecule has 2 atom stereocenters. The average Bonchev–Trinajstić information content (AvgIpc) is 3.15. The van der Waals surface area contributed by atoms with E-state index in [2.05, 4.69) is 60.3 Å². The zero-order valence-electron chi connectivity index (χ0n) is 18.5. The van der Waals surface area contributed by atoms with Crippen LogP contribution in [-0.2, 0) is 10.5 Å². The van der Waals surface area contributed by atoms with Gasteiger partial charge in [0.25, 0.3) is 0 Å². The lowest BCUT2D eigenvalue weighted by atomic mass is 9.85. The standard InChI is InChI=1S/C24H26ClN5OS/c1-14(2)21-20(22(31)27-19-10-8-18(25)9-11-19)16(4)26-23-28-24(29-30(21)23)32-13-17-7-5-6-15(3)12-17/h5-12,14,20-21H,13H2,1-4H3,(H,27,31). The van der Waals surface area contributed by atoms with E-state index in [0.29, 0.717) is 21.8 Å². The molecule has 0 bridgehead atoms. The molecule has 2 heterocycles. The third kappa shape index (κ3) is 4.89. The number of carbonyl (C=O) groups excluding carboxylic acids is 1. The van der Waals surface area contributed by atoms with Crippen LogP contribution in [0.1, 0.15) is 37.9 Å². The van der Waals surface area contributed by atoms with E-state index < -0.39 is 5.92 Å². The number of hydrogen-bond donors (Lipinski definition) is 1. The lowest BCUT2D eigenvalue weighted by Crippen LogP contribution is -2.40. The third-order valence-electron chi connectivity index (χ3n) is 5.47. The number of aromatic nitrogens is 3. The van der Waals surface area contributed by atoms with Gasteiger partial charge in [-0.1, -0.05) is 67.0 Å². The summed E-state index contributed by atoms with van der Waals surface area (Å²) in [7, 11) is 0. The van der Waals surface area contributed by atoms with Gasteiger partial charge in [-0.05, 0) is 49.6 Å². The van der Waals surface area contributed by atoms with E-state index in [0.717, 1.165) is 11.5 Å². The van der Waals surface area contributed by atoms with Crippen molar-refractivity contribution in [3.05, 3.63) is 64.7 Å². The summed E-state index contributed by atoms with van der Waals surface area (Å²) in [6, 6.07) is 15.3. The molecular weight excluding hydrogens is 442 g/mol. The monoisotopic (exact) mass is 467 g/mol. The van der Waals surface area contributed by atoms with E-state index in [1.165, 1.54) is 11.1 Å². The first-order valence-electron chi connectivity index (χ1n) is 10.6. The summed E-state index contributed by atoms with van der Waals surface area (Å²) in [4.78, 5) is 22.5. The first-order chi connectivity index (χ1) is 15.3. The minimum absolute atomic E-state index is 0.109. The summed E-state index contributed by atoms with van der Waals surface area (Å²) in [6.45, 7) is 8.16. The number of benzene rings is 2. The van der Waals surface area contributed by atoms with Gasteiger partial charge in [0, 0.05) is 22.2 Å². The van der Waals surface area contributed by atoms with Crippen molar-refractivity contribution in [1.82, 2.24) is 14.8 Å². The highest BCUT2D eigenvalue weighted by molar-refractivity contribution is 7.98. The lowest BCUT2D eigenvalue weighted by Gasteiger charge is -2.32. The van der Waals surface area contributed by atoms with Gasteiger partial charge in [0.15, 0.2) is 0 Å². The van der Waals surface area contributed by atoms with Crippen molar-refractivity contribution in [3.63, 3.8) is 0 Å². The second-order valence-electron chi connectivity index (χ2n) is 8.38. The minimum atomic E-state index is -0.436. The van der Waals surface area contributed by atoms with Crippen molar-refractivity contribution in [3.8, 4) is 0 Å². The van der Waals surface area contributed by atoms with Crippen molar-refractivity contribution >= 4 is 46.6 Å². The molecule has 166 valence electrons. The number of rotatable bonds is 6. The fraction of sp³-hybridized carbons (Fsp3) is 0.333. The number of hydrogen-bond acceptors (Lipinski definition) is 5. The van der Waals surface area contributed by atoms with Gasteiger partial charge >= 0.3 is 0 Å². The average molecular weight is 468 g/mol. The summed E-state index contributed by atoms with van der Waals surface area (Å²) in [6.07, 6.45) is 0. The molecule has 4 rings (SSSR count). The molecule has 0 radical (unpaired) electrons. The molecule has 8 heteroatoms. The summed E-state index contributed by atoms with van der Waals surface area (Å²) >= 11 is 7.54. The number of thioether (sulfide) groups is 1. The molecule has 2 unspecified atom stereocenters. The number of carbonyl (C=O) groups is 1. The van der Waals surface area contributed by atoms with Crippen LogP contribution in [0, 0.1) is 18.8 Å². The van der Waals surface area contributed by atoms with Crippen LogP contribution in [-0.4, -0.2) is 26.4 Å². The van der Waals surface area contributed by atoms with Crippen LogP contribution in [0.2, 0.25) is 5.02 Å². The van der Waals surface area contributed by atoms with Crippen LogP contribution in [0.3, 0.4) is 0 Å². The Balaban J connectivity index is 1.56. The first kappa shape index (κ1) is 22.6. The molecule has 0 saturated heterocycles. The van der Waals surface area contributed by atoms with Gasteiger partial charge in [-0.25, -0.2) is 9.67 Å². The van der Waals surface area contributed by atoms with Gasteiger partial charge < -0.3 is 5.32 Å². The highest BCUT2D eigenvalue weighted by Gasteiger charge is 2.40. The highest BCUT2D eigenvalue weighted by Crippen LogP contribution is 2.37. The Labute approximate surface area is 197 Å². The highest BCUT2D eigenvalue weighted by atomic mass is 35.5. The maximum atomic E-state index is 13.2. The Bertz CT molecular complexity index is 1160. The number of aliphatic imine (C=N–C) groups is 1. The molecule has 0 aliphatic carbocycles.